The summed E-state index contributed by atoms with van der Waals surface area (Å²) in [4.78, 5) is 0. The SMILES string of the molecule is Cc1ccc(-c2cc(C(C)(C)C)c(C(C)(C)C)c[n+]2C)c(C)c1.Cc1ccc(-c2cc(CC(C)C)c(CC(C)C)c[n+]2C)c(C)c1.Cc1ccccc1-c1cc(C(C)(C)C)c(C(C)(C)C)c[n+]1C.[2H]C([2H])([2H])c1ccc(-c2cc(C(C)(C)C)c(C(C)(C)C)c[n+]2C)c(C)c1.[2H]C([2H])([2H])c1ccc(-c2ccc(C(C)(CC)CC)c[n+]2C)c(C)c1. The molecule has 0 fully saturated rings. The van der Waals surface area contributed by atoms with Crippen molar-refractivity contribution in [2.45, 2.75) is 299 Å². The van der Waals surface area contributed by atoms with Crippen molar-refractivity contribution in [3.63, 3.8) is 0 Å². The summed E-state index contributed by atoms with van der Waals surface area (Å²) in [6.45, 7) is 67.8. The number of rotatable bonds is 12. The average Bonchev–Trinajstić information content (AvgIpc) is 0.781. The van der Waals surface area contributed by atoms with Crippen LogP contribution in [0.1, 0.15) is 294 Å². The number of aromatic nitrogens is 5. The highest BCUT2D eigenvalue weighted by Gasteiger charge is 2.35. The third-order valence-corrected chi connectivity index (χ3v) is 22.5. The van der Waals surface area contributed by atoms with Gasteiger partial charge in [0, 0.05) is 94.2 Å². The van der Waals surface area contributed by atoms with Crippen LogP contribution in [0.5, 0.6) is 0 Å². The van der Waals surface area contributed by atoms with Gasteiger partial charge in [-0.3, -0.25) is 0 Å². The highest BCUT2D eigenvalue weighted by Crippen LogP contribution is 2.40. The Morgan fingerprint density at radius 2 is 0.571 bits per heavy atom. The zero-order valence-electron chi connectivity index (χ0n) is 83.3. The maximum Gasteiger partial charge on any atom is 0.212 e. The average molecular weight is 1520 g/mol. The van der Waals surface area contributed by atoms with Crippen molar-refractivity contribution in [3.05, 3.63) is 265 Å². The Morgan fingerprint density at radius 3 is 0.875 bits per heavy atom. The van der Waals surface area contributed by atoms with E-state index in [0.717, 1.165) is 59.3 Å². The van der Waals surface area contributed by atoms with Crippen LogP contribution >= 0.6 is 0 Å². The second kappa shape index (κ2) is 37.0. The van der Waals surface area contributed by atoms with Crippen molar-refractivity contribution in [1.82, 2.24) is 0 Å². The molecule has 5 nitrogen and oxygen atoms in total. The maximum absolute atomic E-state index is 7.63. The summed E-state index contributed by atoms with van der Waals surface area (Å²) < 4.78 is 56.7. The Balaban J connectivity index is 0.000000229. The van der Waals surface area contributed by atoms with Crippen LogP contribution in [0.2, 0.25) is 0 Å². The summed E-state index contributed by atoms with van der Waals surface area (Å²) in [6, 6.07) is 46.8. The van der Waals surface area contributed by atoms with E-state index >= 15 is 0 Å². The summed E-state index contributed by atoms with van der Waals surface area (Å²) >= 11 is 0. The van der Waals surface area contributed by atoms with Crippen LogP contribution in [0.4, 0.5) is 0 Å². The molecule has 0 aliphatic heterocycles. The van der Waals surface area contributed by atoms with Gasteiger partial charge in [0.1, 0.15) is 35.2 Å². The Bertz CT molecular complexity index is 5130. The quantitative estimate of drug-likeness (QED) is 0.109. The van der Waals surface area contributed by atoms with Crippen LogP contribution in [0.15, 0.2) is 164 Å². The van der Waals surface area contributed by atoms with E-state index in [-0.39, 0.29) is 37.9 Å². The van der Waals surface area contributed by atoms with Crippen LogP contribution in [0, 0.1) is 74.0 Å². The second-order valence-electron chi connectivity index (χ2n) is 40.0. The first-order valence-corrected chi connectivity index (χ1v) is 41.5. The molecule has 0 amide bonds. The normalized spacial score (nSPS) is 13.2. The predicted octanol–water partition coefficient (Wildman–Crippen LogP) is 25.9. The molecule has 0 spiro atoms. The molecule has 5 aromatic carbocycles. The summed E-state index contributed by atoms with van der Waals surface area (Å²) in [5, 5.41) is 0. The summed E-state index contributed by atoms with van der Waals surface area (Å²) in [5.41, 5.74) is 35.3. The lowest BCUT2D eigenvalue weighted by molar-refractivity contribution is -0.661. The lowest BCUT2D eigenvalue weighted by Gasteiger charge is -2.29. The van der Waals surface area contributed by atoms with Gasteiger partial charge in [-0.05, 0) is 224 Å². The molecule has 0 N–H and O–H groups in total. The van der Waals surface area contributed by atoms with Crippen molar-refractivity contribution in [1.29, 1.82) is 0 Å². The predicted molar refractivity (Wildman–Crippen MR) is 485 cm³/mol. The molecule has 5 heteroatoms. The highest BCUT2D eigenvalue weighted by atomic mass is 14.9. The second-order valence-corrected chi connectivity index (χ2v) is 40.0. The van der Waals surface area contributed by atoms with E-state index in [9.17, 15) is 0 Å². The van der Waals surface area contributed by atoms with Gasteiger partial charge in [-0.25, -0.2) is 22.8 Å². The van der Waals surface area contributed by atoms with E-state index < -0.39 is 13.7 Å². The van der Waals surface area contributed by atoms with E-state index in [1.165, 1.54) is 112 Å². The van der Waals surface area contributed by atoms with Crippen LogP contribution in [0.25, 0.3) is 56.3 Å². The Kier molecular flexibility index (Phi) is 27.5. The minimum atomic E-state index is -2.07. The number of hydrogen-bond acceptors (Lipinski definition) is 0. The highest BCUT2D eigenvalue weighted by molar-refractivity contribution is 5.67. The van der Waals surface area contributed by atoms with Crippen LogP contribution in [-0.4, -0.2) is 0 Å². The minimum Gasteiger partial charge on any atom is -0.201 e. The maximum atomic E-state index is 7.63. The monoisotopic (exact) mass is 1520 g/mol. The fourth-order valence-electron chi connectivity index (χ4n) is 15.5. The zero-order chi connectivity index (χ0) is 89.6. The Hall–Kier alpha value is -8.15. The van der Waals surface area contributed by atoms with Gasteiger partial charge in [-0.1, -0.05) is 262 Å². The van der Waals surface area contributed by atoms with E-state index in [1.54, 1.807) is 24.3 Å². The molecule has 112 heavy (non-hydrogen) atoms. The molecule has 0 aliphatic carbocycles. The van der Waals surface area contributed by atoms with Crippen molar-refractivity contribution in [3.8, 4) is 56.3 Å². The molecule has 602 valence electrons. The van der Waals surface area contributed by atoms with Gasteiger partial charge in [0.15, 0.2) is 31.0 Å². The van der Waals surface area contributed by atoms with Crippen LogP contribution in [-0.2, 0) is 86.0 Å². The fraction of sp³-hybridized carbons (Fsp3) is 0.486. The number of aryl methyl sites for hydroxylation is 14. The first-order chi connectivity index (χ1) is 53.9. The molecule has 10 aromatic rings. The van der Waals surface area contributed by atoms with Crippen LogP contribution in [0.3, 0.4) is 0 Å². The van der Waals surface area contributed by atoms with Gasteiger partial charge >= 0.3 is 0 Å². The summed E-state index contributed by atoms with van der Waals surface area (Å²) in [7, 11) is 10.6. The van der Waals surface area contributed by atoms with Gasteiger partial charge in [0.2, 0.25) is 28.5 Å². The fourth-order valence-corrected chi connectivity index (χ4v) is 15.5. The molecule has 0 aliphatic rings. The molecule has 10 rings (SSSR count). The van der Waals surface area contributed by atoms with Gasteiger partial charge in [0.25, 0.3) is 0 Å². The molecule has 5 heterocycles. The topological polar surface area (TPSA) is 19.4 Å². The number of pyridine rings is 5. The largest absolute Gasteiger partial charge is 0.212 e. The molecular formula is C107H154N5+5. The third kappa shape index (κ3) is 24.0. The molecule has 0 radical (unpaired) electrons. The molecule has 0 atom stereocenters. The molecular weight excluding hydrogens is 1360 g/mol. The first kappa shape index (κ1) is 83.3. The Morgan fingerprint density at radius 1 is 0.286 bits per heavy atom. The van der Waals surface area contributed by atoms with Gasteiger partial charge in [-0.2, -0.15) is 0 Å². The lowest BCUT2D eigenvalue weighted by Crippen LogP contribution is -2.36. The Labute approximate surface area is 694 Å². The van der Waals surface area contributed by atoms with Crippen molar-refractivity contribution in [2.75, 3.05) is 0 Å². The summed E-state index contributed by atoms with van der Waals surface area (Å²) in [6.07, 6.45) is 16.0. The number of benzene rings is 5. The van der Waals surface area contributed by atoms with E-state index in [4.69, 9.17) is 8.22 Å². The summed E-state index contributed by atoms with van der Waals surface area (Å²) in [5.74, 6) is 1.37. The van der Waals surface area contributed by atoms with E-state index in [0.29, 0.717) is 23.0 Å². The van der Waals surface area contributed by atoms with E-state index in [1.807, 2.05) is 26.0 Å². The van der Waals surface area contributed by atoms with Crippen molar-refractivity contribution >= 4 is 0 Å². The van der Waals surface area contributed by atoms with Crippen molar-refractivity contribution in [2.24, 2.45) is 47.1 Å². The lowest BCUT2D eigenvalue weighted by atomic mass is 9.75. The van der Waals surface area contributed by atoms with Crippen LogP contribution < -0.4 is 22.8 Å². The molecule has 0 saturated carbocycles. The molecule has 0 bridgehead atoms. The molecule has 0 unspecified atom stereocenters. The van der Waals surface area contributed by atoms with Gasteiger partial charge in [0.05, 0.1) is 0 Å². The third-order valence-electron chi connectivity index (χ3n) is 22.5. The first-order valence-electron chi connectivity index (χ1n) is 44.5. The smallest absolute Gasteiger partial charge is 0.201 e. The zero-order valence-corrected chi connectivity index (χ0v) is 77.3. The van der Waals surface area contributed by atoms with Crippen molar-refractivity contribution < 1.29 is 31.1 Å². The number of nitrogens with zero attached hydrogens (tertiary/aromatic N) is 5. The number of hydrogen-bond donors (Lipinski definition) is 0. The molecule has 0 saturated heterocycles. The van der Waals surface area contributed by atoms with Gasteiger partial charge < -0.3 is 0 Å². The standard InChI is InChI=1S/3C22H32N.C21H30N.C20H28N/c2*1-15-10-11-17(16(2)12-15)20-13-18(21(3,4)5)19(14-23(20)9)22(6,7)8;1-15(2)10-19-13-22(21-9-8-17(5)12-18(21)6)23(7)14-20(19)11-16(3)4;1-15-11-9-10-12-16(15)19-13-17(20(2,3)4)18(14-22(19)8)21(5,6)7;1-7-20(5,8-2)17-10-12-19(21(6)14-17)18-11-9-15(3)13-16(18)4/h2*10-14H,1-9H3;8-9,12-16H,10-11H2,1-7H3;9-14H,1-8H3;9-14H,7-8H2,1-6H3/q5*+1/i1D3;;;;3D3. The van der Waals surface area contributed by atoms with E-state index in [2.05, 4.69) is 394 Å². The van der Waals surface area contributed by atoms with Gasteiger partial charge in [-0.15, -0.1) is 0 Å². The minimum absolute atomic E-state index is 0.0260. The molecule has 5 aromatic heterocycles.